The number of hydrogen-bond acceptors (Lipinski definition) is 4. The fraction of sp³-hybridized carbons (Fsp3) is 0.875. The lowest BCUT2D eigenvalue weighted by molar-refractivity contribution is -0.138. The summed E-state index contributed by atoms with van der Waals surface area (Å²) in [6.07, 6.45) is 3.94. The number of carbonyl (C=O) groups excluding carboxylic acids is 1. The van der Waals surface area contributed by atoms with Gasteiger partial charge in [0.05, 0.1) is 5.37 Å². The van der Waals surface area contributed by atoms with Gasteiger partial charge in [0.15, 0.2) is 0 Å². The van der Waals surface area contributed by atoms with Crippen LogP contribution in [0.1, 0.15) is 66.2 Å². The molecule has 0 bridgehead atoms. The van der Waals surface area contributed by atoms with E-state index in [1.807, 2.05) is 27.7 Å². The van der Waals surface area contributed by atoms with Gasteiger partial charge in [0, 0.05) is 12.5 Å². The minimum absolute atomic E-state index is 0.0855. The number of hydrogen-bond donors (Lipinski definition) is 2. The lowest BCUT2D eigenvalue weighted by Crippen LogP contribution is -2.48. The summed E-state index contributed by atoms with van der Waals surface area (Å²) in [6, 6.07) is 0.0855. The van der Waals surface area contributed by atoms with E-state index in [-0.39, 0.29) is 29.8 Å². The van der Waals surface area contributed by atoms with Gasteiger partial charge in [-0.1, -0.05) is 6.92 Å². The summed E-state index contributed by atoms with van der Waals surface area (Å²) in [5.41, 5.74) is -0.531. The molecule has 5 nitrogen and oxygen atoms in total. The number of thiol groups is 1. The highest BCUT2D eigenvalue weighted by molar-refractivity contribution is 7.80. The number of carboxylic acid groups (broad SMARTS) is 1. The van der Waals surface area contributed by atoms with Gasteiger partial charge in [-0.15, -0.1) is 0 Å². The quantitative estimate of drug-likeness (QED) is 0.592. The Morgan fingerprint density at radius 3 is 2.23 bits per heavy atom. The molecule has 0 aliphatic heterocycles. The van der Waals surface area contributed by atoms with Crippen molar-refractivity contribution in [3.8, 4) is 0 Å². The van der Waals surface area contributed by atoms with Crippen LogP contribution < -0.4 is 0 Å². The molecule has 1 rings (SSSR count). The van der Waals surface area contributed by atoms with E-state index in [1.54, 1.807) is 4.90 Å². The zero-order chi connectivity index (χ0) is 16.9. The number of rotatable bonds is 5. The second-order valence-corrected chi connectivity index (χ2v) is 7.64. The molecule has 0 aromatic heterocycles. The molecule has 22 heavy (non-hydrogen) atoms. The molecule has 1 atom stereocenters. The monoisotopic (exact) mass is 331 g/mol. The minimum atomic E-state index is -0.743. The summed E-state index contributed by atoms with van der Waals surface area (Å²) in [4.78, 5) is 25.0. The van der Waals surface area contributed by atoms with Crippen LogP contribution in [0.4, 0.5) is 4.79 Å². The average Bonchev–Trinajstić information content (AvgIpc) is 2.38. The van der Waals surface area contributed by atoms with Gasteiger partial charge in [0.2, 0.25) is 0 Å². The van der Waals surface area contributed by atoms with E-state index < -0.39 is 11.6 Å². The lowest BCUT2D eigenvalue weighted by atomic mass is 9.83. The van der Waals surface area contributed by atoms with Gasteiger partial charge in [0.1, 0.15) is 5.60 Å². The summed E-state index contributed by atoms with van der Waals surface area (Å²) in [7, 11) is 0. The smallest absolute Gasteiger partial charge is 0.411 e. The molecule has 1 aliphatic carbocycles. The molecule has 6 heteroatoms. The number of carboxylic acids is 1. The highest BCUT2D eigenvalue weighted by Gasteiger charge is 2.34. The van der Waals surface area contributed by atoms with Crippen LogP contribution in [0.3, 0.4) is 0 Å². The van der Waals surface area contributed by atoms with E-state index in [1.165, 1.54) is 0 Å². The average molecular weight is 331 g/mol. The lowest BCUT2D eigenvalue weighted by Gasteiger charge is -2.40. The molecule has 128 valence electrons. The molecule has 0 radical (unpaired) electrons. The Morgan fingerprint density at radius 1 is 1.27 bits per heavy atom. The van der Waals surface area contributed by atoms with Crippen molar-refractivity contribution in [2.75, 3.05) is 0 Å². The van der Waals surface area contributed by atoms with Crippen LogP contribution in [-0.2, 0) is 9.53 Å². The Bertz CT molecular complexity index is 386. The molecule has 0 aromatic carbocycles. The van der Waals surface area contributed by atoms with E-state index in [0.29, 0.717) is 0 Å². The van der Waals surface area contributed by atoms with Crippen molar-refractivity contribution in [2.24, 2.45) is 5.92 Å². The molecular formula is C16H29NO4S. The van der Waals surface area contributed by atoms with E-state index in [0.717, 1.165) is 32.1 Å². The standard InChI is InChI=1S/C16H29NO4S/c1-5-13(22)17(15(20)21-16(2,3)4)12-8-6-11(7-9-12)10-14(18)19/h11-13,22H,5-10H2,1-4H3,(H,18,19). The van der Waals surface area contributed by atoms with E-state index >= 15 is 0 Å². The van der Waals surface area contributed by atoms with Crippen LogP contribution >= 0.6 is 12.6 Å². The summed E-state index contributed by atoms with van der Waals surface area (Å²) < 4.78 is 5.51. The molecule has 1 N–H and O–H groups in total. The zero-order valence-corrected chi connectivity index (χ0v) is 14.9. The van der Waals surface area contributed by atoms with Crippen LogP contribution in [0, 0.1) is 5.92 Å². The van der Waals surface area contributed by atoms with Gasteiger partial charge >= 0.3 is 12.1 Å². The van der Waals surface area contributed by atoms with Crippen molar-refractivity contribution in [1.29, 1.82) is 0 Å². The second-order valence-electron chi connectivity index (χ2n) is 7.05. The Morgan fingerprint density at radius 2 is 1.82 bits per heavy atom. The first-order valence-corrected chi connectivity index (χ1v) is 8.56. The first-order chi connectivity index (χ1) is 10.1. The molecular weight excluding hydrogens is 302 g/mol. The maximum absolute atomic E-state index is 12.5. The zero-order valence-electron chi connectivity index (χ0n) is 14.0. The fourth-order valence-electron chi connectivity index (χ4n) is 2.90. The molecule has 1 amide bonds. The van der Waals surface area contributed by atoms with E-state index in [4.69, 9.17) is 9.84 Å². The summed E-state index contributed by atoms with van der Waals surface area (Å²) in [5.74, 6) is -0.526. The van der Waals surface area contributed by atoms with Gasteiger partial charge < -0.3 is 9.84 Å². The number of amides is 1. The fourth-order valence-corrected chi connectivity index (χ4v) is 3.18. The molecule has 1 fully saturated rings. The molecule has 0 saturated heterocycles. The number of aliphatic carboxylic acids is 1. The number of nitrogens with zero attached hydrogens (tertiary/aromatic N) is 1. The van der Waals surface area contributed by atoms with Crippen molar-refractivity contribution in [2.45, 2.75) is 83.2 Å². The Kier molecular flexibility index (Phi) is 7.03. The first kappa shape index (κ1) is 19.1. The van der Waals surface area contributed by atoms with Crippen LogP contribution in [0.2, 0.25) is 0 Å². The first-order valence-electron chi connectivity index (χ1n) is 8.05. The van der Waals surface area contributed by atoms with Gasteiger partial charge in [0.25, 0.3) is 0 Å². The van der Waals surface area contributed by atoms with Crippen LogP contribution in [0.5, 0.6) is 0 Å². The maximum Gasteiger partial charge on any atom is 0.411 e. The third-order valence-corrected chi connectivity index (χ3v) is 4.58. The van der Waals surface area contributed by atoms with Gasteiger partial charge in [-0.05, 0) is 58.8 Å². The predicted octanol–water partition coefficient (Wildman–Crippen LogP) is 3.92. The van der Waals surface area contributed by atoms with Crippen LogP contribution in [0.25, 0.3) is 0 Å². The Balaban J connectivity index is 2.70. The maximum atomic E-state index is 12.5. The van der Waals surface area contributed by atoms with Crippen molar-refractivity contribution in [3.05, 3.63) is 0 Å². The topological polar surface area (TPSA) is 66.8 Å². The summed E-state index contributed by atoms with van der Waals surface area (Å²) in [5, 5.41) is 8.72. The van der Waals surface area contributed by atoms with Gasteiger partial charge in [-0.25, -0.2) is 4.79 Å². The Labute approximate surface area is 138 Å². The molecule has 0 spiro atoms. The SMILES string of the molecule is CCC(S)N(C(=O)OC(C)(C)C)C1CCC(CC(=O)O)CC1. The van der Waals surface area contributed by atoms with Crippen LogP contribution in [0.15, 0.2) is 0 Å². The third kappa shape index (κ3) is 6.07. The normalized spacial score (nSPS) is 23.7. The van der Waals surface area contributed by atoms with Gasteiger partial charge in [-0.2, -0.15) is 12.6 Å². The second kappa shape index (κ2) is 8.09. The molecule has 0 heterocycles. The summed E-state index contributed by atoms with van der Waals surface area (Å²) in [6.45, 7) is 7.55. The molecule has 1 aliphatic rings. The van der Waals surface area contributed by atoms with Crippen molar-refractivity contribution >= 4 is 24.7 Å². The molecule has 1 saturated carbocycles. The molecule has 1 unspecified atom stereocenters. The van der Waals surface area contributed by atoms with Crippen molar-refractivity contribution < 1.29 is 19.4 Å². The molecule has 0 aromatic rings. The number of ether oxygens (including phenoxy) is 1. The van der Waals surface area contributed by atoms with Crippen molar-refractivity contribution in [3.63, 3.8) is 0 Å². The van der Waals surface area contributed by atoms with E-state index in [9.17, 15) is 9.59 Å². The van der Waals surface area contributed by atoms with Crippen LogP contribution in [-0.4, -0.2) is 39.1 Å². The summed E-state index contributed by atoms with van der Waals surface area (Å²) >= 11 is 4.53. The number of carbonyl (C=O) groups is 2. The highest BCUT2D eigenvalue weighted by Crippen LogP contribution is 2.32. The largest absolute Gasteiger partial charge is 0.481 e. The highest BCUT2D eigenvalue weighted by atomic mass is 32.1. The van der Waals surface area contributed by atoms with Crippen molar-refractivity contribution in [1.82, 2.24) is 4.90 Å². The van der Waals surface area contributed by atoms with Gasteiger partial charge in [-0.3, -0.25) is 9.69 Å². The predicted molar refractivity (Wildman–Crippen MR) is 89.1 cm³/mol. The minimum Gasteiger partial charge on any atom is -0.481 e. The Hall–Kier alpha value is -0.910. The third-order valence-electron chi connectivity index (χ3n) is 3.96. The van der Waals surface area contributed by atoms with E-state index in [2.05, 4.69) is 12.6 Å².